The van der Waals surface area contributed by atoms with Crippen molar-refractivity contribution in [2.75, 3.05) is 6.61 Å². The number of carbonyl (C=O) groups excluding carboxylic acids is 2. The maximum atomic E-state index is 13.8. The van der Waals surface area contributed by atoms with Crippen LogP contribution in [0.1, 0.15) is 39.8 Å². The van der Waals surface area contributed by atoms with E-state index in [1.165, 1.54) is 21.7 Å². The fraction of sp³-hybridized carbons (Fsp3) is 0.350. The van der Waals surface area contributed by atoms with Gasteiger partial charge in [0.05, 0.1) is 13.2 Å². The van der Waals surface area contributed by atoms with Gasteiger partial charge in [-0.1, -0.05) is 6.07 Å². The molecule has 1 aromatic heterocycles. The Morgan fingerprint density at radius 1 is 1.33 bits per heavy atom. The molecule has 0 aliphatic carbocycles. The fourth-order valence-corrected chi connectivity index (χ4v) is 3.76. The second kappa shape index (κ2) is 7.52. The summed E-state index contributed by atoms with van der Waals surface area (Å²) in [5.74, 6) is -3.82. The minimum atomic E-state index is -1.00. The molecule has 1 saturated heterocycles. The number of benzene rings is 1. The summed E-state index contributed by atoms with van der Waals surface area (Å²) >= 11 is 0. The van der Waals surface area contributed by atoms with Gasteiger partial charge in [-0.2, -0.15) is 0 Å². The lowest BCUT2D eigenvalue weighted by Crippen LogP contribution is -2.57. The van der Waals surface area contributed by atoms with Gasteiger partial charge >= 0.3 is 0 Å². The third-order valence-corrected chi connectivity index (χ3v) is 5.38. The average molecular weight is 419 g/mol. The zero-order valence-corrected chi connectivity index (χ0v) is 16.0. The summed E-state index contributed by atoms with van der Waals surface area (Å²) in [4.78, 5) is 39.4. The van der Waals surface area contributed by atoms with Gasteiger partial charge in [-0.25, -0.2) is 8.78 Å². The molecular weight excluding hydrogens is 400 g/mol. The molecule has 2 atom stereocenters. The molecule has 0 bridgehead atoms. The maximum Gasteiger partial charge on any atom is 0.276 e. The summed E-state index contributed by atoms with van der Waals surface area (Å²) in [6, 6.07) is 2.79. The van der Waals surface area contributed by atoms with Gasteiger partial charge in [0.2, 0.25) is 5.43 Å². The van der Waals surface area contributed by atoms with Crippen LogP contribution in [0, 0.1) is 11.6 Å². The van der Waals surface area contributed by atoms with E-state index in [9.17, 15) is 28.3 Å². The van der Waals surface area contributed by atoms with Crippen LogP contribution in [0.15, 0.2) is 29.2 Å². The Labute approximate surface area is 169 Å². The van der Waals surface area contributed by atoms with Crippen molar-refractivity contribution in [1.82, 2.24) is 14.8 Å². The van der Waals surface area contributed by atoms with Crippen LogP contribution < -0.4 is 10.7 Å². The largest absolute Gasteiger partial charge is 0.503 e. The van der Waals surface area contributed by atoms with E-state index < -0.39 is 46.4 Å². The van der Waals surface area contributed by atoms with Crippen LogP contribution in [0.5, 0.6) is 5.75 Å². The standard InChI is InChI=1S/C20H19F2N3O5/c1-10-4-5-30-15-9-24-8-13(17(26)18(27)16(24)20(29)25(10)15)19(28)23-7-11-2-3-12(21)6-14(11)22/h2-3,6,8,10,15,27H,4-5,7,9H2,1H3,(H,23,28). The van der Waals surface area contributed by atoms with Crippen LogP contribution in [0.4, 0.5) is 8.78 Å². The number of fused-ring (bicyclic) bond motifs is 2. The Balaban J connectivity index is 1.63. The van der Waals surface area contributed by atoms with Crippen LogP contribution in [0.2, 0.25) is 0 Å². The number of aromatic nitrogens is 1. The number of rotatable bonds is 3. The number of hydrogen-bond acceptors (Lipinski definition) is 5. The molecule has 2 aliphatic rings. The topological polar surface area (TPSA) is 101 Å². The minimum absolute atomic E-state index is 0.0300. The Bertz CT molecular complexity index is 1100. The Hall–Kier alpha value is -3.27. The lowest BCUT2D eigenvalue weighted by Gasteiger charge is -2.44. The lowest BCUT2D eigenvalue weighted by atomic mass is 10.1. The highest BCUT2D eigenvalue weighted by atomic mass is 19.1. The molecule has 1 fully saturated rings. The number of nitrogens with one attached hydrogen (secondary N) is 1. The molecule has 158 valence electrons. The first-order valence-corrected chi connectivity index (χ1v) is 9.40. The third-order valence-electron chi connectivity index (χ3n) is 5.38. The summed E-state index contributed by atoms with van der Waals surface area (Å²) in [5, 5.41) is 12.7. The van der Waals surface area contributed by atoms with Crippen molar-refractivity contribution in [2.24, 2.45) is 0 Å². The van der Waals surface area contributed by atoms with Gasteiger partial charge in [0.1, 0.15) is 17.2 Å². The molecule has 2 aliphatic heterocycles. The van der Waals surface area contributed by atoms with Crippen molar-refractivity contribution in [3.8, 4) is 5.75 Å². The zero-order chi connectivity index (χ0) is 21.6. The first-order valence-electron chi connectivity index (χ1n) is 9.40. The third kappa shape index (κ3) is 3.32. The van der Waals surface area contributed by atoms with Crippen LogP contribution in [-0.4, -0.2) is 45.3 Å². The van der Waals surface area contributed by atoms with Crippen molar-refractivity contribution in [1.29, 1.82) is 0 Å². The molecule has 0 spiro atoms. The van der Waals surface area contributed by atoms with Crippen molar-refractivity contribution in [3.05, 3.63) is 63.1 Å². The van der Waals surface area contributed by atoms with Crippen LogP contribution in [0.25, 0.3) is 0 Å². The van der Waals surface area contributed by atoms with Gasteiger partial charge in [-0.15, -0.1) is 0 Å². The van der Waals surface area contributed by atoms with Gasteiger partial charge in [-0.3, -0.25) is 14.4 Å². The zero-order valence-electron chi connectivity index (χ0n) is 16.0. The van der Waals surface area contributed by atoms with E-state index >= 15 is 0 Å². The molecule has 3 heterocycles. The number of hydrogen-bond donors (Lipinski definition) is 2. The number of pyridine rings is 1. The predicted octanol–water partition coefficient (Wildman–Crippen LogP) is 1.35. The number of nitrogens with zero attached hydrogens (tertiary/aromatic N) is 2. The lowest BCUT2D eigenvalue weighted by molar-refractivity contribution is -0.112. The van der Waals surface area contributed by atoms with E-state index in [1.54, 1.807) is 0 Å². The van der Waals surface area contributed by atoms with E-state index in [2.05, 4.69) is 5.32 Å². The van der Waals surface area contributed by atoms with Crippen molar-refractivity contribution in [2.45, 2.75) is 38.7 Å². The summed E-state index contributed by atoms with van der Waals surface area (Å²) in [6.45, 7) is 2.18. The van der Waals surface area contributed by atoms with Crippen molar-refractivity contribution in [3.63, 3.8) is 0 Å². The summed E-state index contributed by atoms with van der Waals surface area (Å²) in [7, 11) is 0. The number of carbonyl (C=O) groups is 2. The molecule has 2 amide bonds. The van der Waals surface area contributed by atoms with Crippen molar-refractivity contribution >= 4 is 11.8 Å². The molecule has 1 aromatic carbocycles. The number of amides is 2. The van der Waals surface area contributed by atoms with Crippen LogP contribution in [-0.2, 0) is 17.8 Å². The van der Waals surface area contributed by atoms with Gasteiger partial charge in [-0.05, 0) is 19.4 Å². The second-order valence-corrected chi connectivity index (χ2v) is 7.32. The summed E-state index contributed by atoms with van der Waals surface area (Å²) in [6.07, 6.45) is 1.25. The van der Waals surface area contributed by atoms with Gasteiger partial charge in [0, 0.05) is 30.4 Å². The van der Waals surface area contributed by atoms with E-state index in [1.807, 2.05) is 6.92 Å². The maximum absolute atomic E-state index is 13.8. The normalized spacial score (nSPS) is 20.5. The van der Waals surface area contributed by atoms with Crippen molar-refractivity contribution < 1.29 is 28.2 Å². The van der Waals surface area contributed by atoms with Gasteiger partial charge < -0.3 is 24.6 Å². The number of halogens is 2. The second-order valence-electron chi connectivity index (χ2n) is 7.32. The number of aromatic hydroxyl groups is 1. The van der Waals surface area contributed by atoms with E-state index in [-0.39, 0.29) is 30.4 Å². The van der Waals surface area contributed by atoms with Gasteiger partial charge in [0.25, 0.3) is 11.8 Å². The molecule has 2 N–H and O–H groups in total. The van der Waals surface area contributed by atoms with Crippen LogP contribution in [0.3, 0.4) is 0 Å². The molecule has 2 unspecified atom stereocenters. The minimum Gasteiger partial charge on any atom is -0.503 e. The SMILES string of the molecule is CC1CCOC2Cn3cc(C(=O)NCc4ccc(F)cc4F)c(=O)c(O)c3C(=O)N12. The Morgan fingerprint density at radius 3 is 2.83 bits per heavy atom. The Morgan fingerprint density at radius 2 is 2.10 bits per heavy atom. The molecule has 0 saturated carbocycles. The smallest absolute Gasteiger partial charge is 0.276 e. The first-order chi connectivity index (χ1) is 14.3. The highest BCUT2D eigenvalue weighted by Gasteiger charge is 2.41. The quantitative estimate of drug-likeness (QED) is 0.782. The molecule has 30 heavy (non-hydrogen) atoms. The molecule has 4 rings (SSSR count). The first kappa shape index (κ1) is 20.0. The molecule has 10 heteroatoms. The number of ether oxygens (including phenoxy) is 1. The monoisotopic (exact) mass is 419 g/mol. The Kier molecular flexibility index (Phi) is 5.02. The fourth-order valence-electron chi connectivity index (χ4n) is 3.76. The highest BCUT2D eigenvalue weighted by molar-refractivity contribution is 5.99. The predicted molar refractivity (Wildman–Crippen MR) is 99.9 cm³/mol. The van der Waals surface area contributed by atoms with Crippen LogP contribution >= 0.6 is 0 Å². The summed E-state index contributed by atoms with van der Waals surface area (Å²) in [5.41, 5.74) is -1.57. The molecule has 2 aromatic rings. The highest BCUT2D eigenvalue weighted by Crippen LogP contribution is 2.29. The molecule has 8 nitrogen and oxygen atoms in total. The average Bonchev–Trinajstić information content (AvgIpc) is 2.69. The summed E-state index contributed by atoms with van der Waals surface area (Å²) < 4.78 is 33.7. The molecule has 0 radical (unpaired) electrons. The van der Waals surface area contributed by atoms with Gasteiger partial charge in [0.15, 0.2) is 17.7 Å². The van der Waals surface area contributed by atoms with E-state index in [0.717, 1.165) is 6.07 Å². The molecular formula is C20H19F2N3O5. The van der Waals surface area contributed by atoms with E-state index in [4.69, 9.17) is 4.74 Å². The van der Waals surface area contributed by atoms with E-state index in [0.29, 0.717) is 19.1 Å².